The molecule has 0 aliphatic heterocycles. The van der Waals surface area contributed by atoms with Crippen molar-refractivity contribution in [1.29, 1.82) is 0 Å². The molecule has 2 nitrogen and oxygen atoms in total. The third-order valence-electron chi connectivity index (χ3n) is 2.78. The predicted octanol–water partition coefficient (Wildman–Crippen LogP) is 4.41. The van der Waals surface area contributed by atoms with Crippen LogP contribution in [0.4, 0.5) is 13.2 Å². The van der Waals surface area contributed by atoms with Gasteiger partial charge in [-0.2, -0.15) is 0 Å². The number of ketones is 1. The molecule has 0 bridgehead atoms. The van der Waals surface area contributed by atoms with E-state index in [9.17, 15) is 18.0 Å². The molecule has 6 heteroatoms. The van der Waals surface area contributed by atoms with Gasteiger partial charge in [-0.1, -0.05) is 11.6 Å². The highest BCUT2D eigenvalue weighted by Gasteiger charge is 2.19. The van der Waals surface area contributed by atoms with E-state index in [2.05, 4.69) is 0 Å². The van der Waals surface area contributed by atoms with Gasteiger partial charge in [0.2, 0.25) is 5.78 Å². The van der Waals surface area contributed by atoms with Crippen LogP contribution in [0.1, 0.15) is 17.3 Å². The summed E-state index contributed by atoms with van der Waals surface area (Å²) in [5, 5.41) is -0.139. The monoisotopic (exact) mass is 314 g/mol. The van der Waals surface area contributed by atoms with Crippen LogP contribution in [-0.2, 0) is 0 Å². The first-order valence-corrected chi connectivity index (χ1v) is 6.37. The molecule has 2 rings (SSSR count). The molecule has 0 N–H and O–H groups in total. The number of benzene rings is 2. The van der Waals surface area contributed by atoms with Crippen LogP contribution in [0.15, 0.2) is 36.4 Å². The smallest absolute Gasteiger partial charge is 0.203 e. The lowest BCUT2D eigenvalue weighted by Crippen LogP contribution is -2.24. The molecule has 1 unspecified atom stereocenters. The van der Waals surface area contributed by atoms with Crippen molar-refractivity contribution in [2.75, 3.05) is 0 Å². The summed E-state index contributed by atoms with van der Waals surface area (Å²) in [6, 6.07) is 6.48. The molecule has 110 valence electrons. The highest BCUT2D eigenvalue weighted by atomic mass is 35.5. The van der Waals surface area contributed by atoms with Gasteiger partial charge in [-0.05, 0) is 37.3 Å². The first-order valence-electron chi connectivity index (χ1n) is 5.99. The molecule has 2 aromatic carbocycles. The number of hydrogen-bond acceptors (Lipinski definition) is 2. The number of carbonyl (C=O) groups is 1. The Morgan fingerprint density at radius 1 is 1.05 bits per heavy atom. The number of carbonyl (C=O) groups excluding carboxylic acids is 1. The van der Waals surface area contributed by atoms with E-state index < -0.39 is 29.3 Å². The van der Waals surface area contributed by atoms with Crippen molar-refractivity contribution in [3.8, 4) is 5.75 Å². The second-order valence-corrected chi connectivity index (χ2v) is 4.74. The van der Waals surface area contributed by atoms with Crippen molar-refractivity contribution in [2.24, 2.45) is 0 Å². The molecule has 0 amide bonds. The Kier molecular flexibility index (Phi) is 4.53. The van der Waals surface area contributed by atoms with Crippen LogP contribution in [0.2, 0.25) is 5.02 Å². The van der Waals surface area contributed by atoms with E-state index in [1.165, 1.54) is 19.1 Å². The van der Waals surface area contributed by atoms with Gasteiger partial charge in [0.05, 0.1) is 5.02 Å². The molecule has 0 heterocycles. The standard InChI is InChI=1S/C15H10ClF3O2/c1-8(21-10-3-5-12(17)11(16)7-10)15(20)9-2-4-13(18)14(19)6-9/h2-8H,1H3. The van der Waals surface area contributed by atoms with E-state index in [1.54, 1.807) is 0 Å². The minimum atomic E-state index is -1.11. The molecule has 21 heavy (non-hydrogen) atoms. The van der Waals surface area contributed by atoms with Crippen LogP contribution < -0.4 is 4.74 Å². The molecule has 0 aliphatic rings. The summed E-state index contributed by atoms with van der Waals surface area (Å²) in [7, 11) is 0. The number of hydrogen-bond donors (Lipinski definition) is 0. The molecule has 0 aromatic heterocycles. The van der Waals surface area contributed by atoms with Gasteiger partial charge in [-0.3, -0.25) is 4.79 Å². The van der Waals surface area contributed by atoms with Crippen LogP contribution in [0.25, 0.3) is 0 Å². The molecule has 0 aliphatic carbocycles. The summed E-state index contributed by atoms with van der Waals surface area (Å²) in [5.41, 5.74) is -0.0189. The predicted molar refractivity (Wildman–Crippen MR) is 72.2 cm³/mol. The van der Waals surface area contributed by atoms with Gasteiger partial charge in [-0.15, -0.1) is 0 Å². The van der Waals surface area contributed by atoms with Crippen molar-refractivity contribution >= 4 is 17.4 Å². The molecular weight excluding hydrogens is 305 g/mol. The molecule has 0 fully saturated rings. The number of halogens is 4. The fourth-order valence-corrected chi connectivity index (χ4v) is 1.86. The lowest BCUT2D eigenvalue weighted by Gasteiger charge is -2.14. The summed E-state index contributed by atoms with van der Waals surface area (Å²) in [5.74, 6) is -3.09. The SMILES string of the molecule is CC(Oc1ccc(F)c(Cl)c1)C(=O)c1ccc(F)c(F)c1. The molecule has 0 radical (unpaired) electrons. The van der Waals surface area contributed by atoms with Crippen molar-refractivity contribution < 1.29 is 22.7 Å². The quantitative estimate of drug-likeness (QED) is 0.781. The molecule has 0 spiro atoms. The minimum Gasteiger partial charge on any atom is -0.483 e. The van der Waals surface area contributed by atoms with Gasteiger partial charge >= 0.3 is 0 Å². The van der Waals surface area contributed by atoms with Gasteiger partial charge in [0, 0.05) is 11.6 Å². The third kappa shape index (κ3) is 3.55. The van der Waals surface area contributed by atoms with Crippen LogP contribution in [-0.4, -0.2) is 11.9 Å². The number of ether oxygens (including phenoxy) is 1. The average Bonchev–Trinajstić information content (AvgIpc) is 2.45. The molecule has 2 aromatic rings. The Hall–Kier alpha value is -2.01. The minimum absolute atomic E-state index is 0.0189. The van der Waals surface area contributed by atoms with E-state index in [4.69, 9.17) is 16.3 Å². The van der Waals surface area contributed by atoms with E-state index in [1.807, 2.05) is 0 Å². The van der Waals surface area contributed by atoms with Crippen molar-refractivity contribution in [1.82, 2.24) is 0 Å². The van der Waals surface area contributed by atoms with Crippen molar-refractivity contribution in [2.45, 2.75) is 13.0 Å². The maximum Gasteiger partial charge on any atom is 0.203 e. The van der Waals surface area contributed by atoms with Gasteiger partial charge in [0.25, 0.3) is 0 Å². The third-order valence-corrected chi connectivity index (χ3v) is 3.07. The van der Waals surface area contributed by atoms with E-state index in [0.717, 1.165) is 24.3 Å². The Morgan fingerprint density at radius 2 is 1.71 bits per heavy atom. The summed E-state index contributed by atoms with van der Waals surface area (Å²) in [6.45, 7) is 1.45. The normalized spacial score (nSPS) is 12.0. The van der Waals surface area contributed by atoms with Gasteiger partial charge in [0.15, 0.2) is 17.7 Å². The fourth-order valence-electron chi connectivity index (χ4n) is 1.69. The highest BCUT2D eigenvalue weighted by Crippen LogP contribution is 2.22. The van der Waals surface area contributed by atoms with Gasteiger partial charge in [0.1, 0.15) is 11.6 Å². The van der Waals surface area contributed by atoms with E-state index in [0.29, 0.717) is 0 Å². The second-order valence-electron chi connectivity index (χ2n) is 4.33. The fraction of sp³-hybridized carbons (Fsp3) is 0.133. The lowest BCUT2D eigenvalue weighted by atomic mass is 10.1. The summed E-state index contributed by atoms with van der Waals surface area (Å²) >= 11 is 5.60. The second kappa shape index (κ2) is 6.18. The maximum absolute atomic E-state index is 13.1. The van der Waals surface area contributed by atoms with Crippen LogP contribution in [0.5, 0.6) is 5.75 Å². The van der Waals surface area contributed by atoms with Crippen molar-refractivity contribution in [3.63, 3.8) is 0 Å². The molecular formula is C15H10ClF3O2. The maximum atomic E-state index is 13.1. The zero-order valence-corrected chi connectivity index (χ0v) is 11.6. The Bertz CT molecular complexity index is 689. The number of rotatable bonds is 4. The zero-order chi connectivity index (χ0) is 15.6. The van der Waals surface area contributed by atoms with Crippen LogP contribution >= 0.6 is 11.6 Å². The van der Waals surface area contributed by atoms with Crippen LogP contribution in [0.3, 0.4) is 0 Å². The van der Waals surface area contributed by atoms with E-state index >= 15 is 0 Å². The molecule has 1 atom stereocenters. The average molecular weight is 315 g/mol. The molecule has 0 saturated heterocycles. The number of Topliss-reactive ketones (excluding diaryl/α,β-unsaturated/α-hetero) is 1. The summed E-state index contributed by atoms with van der Waals surface area (Å²) < 4.78 is 44.3. The van der Waals surface area contributed by atoms with Gasteiger partial charge < -0.3 is 4.74 Å². The Morgan fingerprint density at radius 3 is 2.33 bits per heavy atom. The Balaban J connectivity index is 2.15. The Labute approximate surface area is 124 Å². The summed E-state index contributed by atoms with van der Waals surface area (Å²) in [6.07, 6.45) is -0.962. The molecule has 0 saturated carbocycles. The zero-order valence-electron chi connectivity index (χ0n) is 10.9. The largest absolute Gasteiger partial charge is 0.483 e. The topological polar surface area (TPSA) is 26.3 Å². The van der Waals surface area contributed by atoms with Gasteiger partial charge in [-0.25, -0.2) is 13.2 Å². The lowest BCUT2D eigenvalue weighted by molar-refractivity contribution is 0.0817. The van der Waals surface area contributed by atoms with E-state index in [-0.39, 0.29) is 16.3 Å². The summed E-state index contributed by atoms with van der Waals surface area (Å²) in [4.78, 5) is 12.0. The van der Waals surface area contributed by atoms with Crippen LogP contribution in [0, 0.1) is 17.5 Å². The first-order chi connectivity index (χ1) is 9.88. The first kappa shape index (κ1) is 15.4. The van der Waals surface area contributed by atoms with Crippen molar-refractivity contribution in [3.05, 3.63) is 64.4 Å². The highest BCUT2D eigenvalue weighted by molar-refractivity contribution is 6.30.